The van der Waals surface area contributed by atoms with Crippen LogP contribution in [0.15, 0.2) is 72.8 Å². The van der Waals surface area contributed by atoms with E-state index in [4.69, 9.17) is 9.17 Å². The molecule has 3 aromatic carbocycles. The van der Waals surface area contributed by atoms with E-state index in [-0.39, 0.29) is 18.3 Å². The molecule has 0 radical (unpaired) electrons. The van der Waals surface area contributed by atoms with Gasteiger partial charge in [0.1, 0.15) is 5.75 Å². The zero-order valence-electron chi connectivity index (χ0n) is 16.5. The van der Waals surface area contributed by atoms with E-state index in [1.54, 1.807) is 0 Å². The first-order valence-corrected chi connectivity index (χ1v) is 11.2. The average Bonchev–Trinajstić information content (AvgIpc) is 2.72. The van der Waals surface area contributed by atoms with Gasteiger partial charge in [-0.15, -0.1) is 0 Å². The molecule has 1 heterocycles. The lowest BCUT2D eigenvalue weighted by Gasteiger charge is -2.11. The highest BCUT2D eigenvalue weighted by Crippen LogP contribution is 2.32. The van der Waals surface area contributed by atoms with Crippen LogP contribution in [0.1, 0.15) is 19.4 Å². The lowest BCUT2D eigenvalue weighted by atomic mass is 9.99. The number of rotatable bonds is 6. The SMILES string of the molecule is CC(C)COS(=O)(=O)Cc1ccc(-c2nc3ccccc3c3ccccc23)cc1. The lowest BCUT2D eigenvalue weighted by Crippen LogP contribution is -2.12. The molecule has 0 spiro atoms. The van der Waals surface area contributed by atoms with Crippen molar-refractivity contribution in [3.63, 3.8) is 0 Å². The first kappa shape index (κ1) is 19.6. The van der Waals surface area contributed by atoms with Gasteiger partial charge < -0.3 is 0 Å². The molecule has 5 heteroatoms. The standard InChI is InChI=1S/C24H23NO3S/c1-17(2)15-28-29(26,27)16-18-11-13-19(14-12-18)24-22-9-4-3-7-20(22)21-8-5-6-10-23(21)25-24/h3-14,17H,15-16H2,1-2H3. The fourth-order valence-corrected chi connectivity index (χ4v) is 4.53. The van der Waals surface area contributed by atoms with Crippen molar-refractivity contribution in [1.29, 1.82) is 0 Å². The maximum absolute atomic E-state index is 12.1. The fourth-order valence-electron chi connectivity index (χ4n) is 3.37. The molecule has 29 heavy (non-hydrogen) atoms. The Kier molecular flexibility index (Phi) is 5.35. The molecule has 0 fully saturated rings. The molecule has 4 nitrogen and oxygen atoms in total. The van der Waals surface area contributed by atoms with Crippen LogP contribution in [-0.2, 0) is 20.1 Å². The van der Waals surface area contributed by atoms with E-state index in [0.29, 0.717) is 5.56 Å². The van der Waals surface area contributed by atoms with Crippen LogP contribution in [0, 0.1) is 5.92 Å². The number of benzene rings is 3. The molecule has 0 aliphatic heterocycles. The number of para-hydroxylation sites is 1. The molecule has 0 aliphatic carbocycles. The Morgan fingerprint density at radius 3 is 2.14 bits per heavy atom. The van der Waals surface area contributed by atoms with E-state index in [0.717, 1.165) is 32.9 Å². The summed E-state index contributed by atoms with van der Waals surface area (Å²) in [5.41, 5.74) is 3.48. The fraction of sp³-hybridized carbons (Fsp3) is 0.208. The largest absolute Gasteiger partial charge is 0.271 e. The molecule has 4 rings (SSSR count). The second-order valence-electron chi connectivity index (χ2n) is 7.60. The highest BCUT2D eigenvalue weighted by Gasteiger charge is 2.14. The van der Waals surface area contributed by atoms with Crippen molar-refractivity contribution in [2.75, 3.05) is 6.61 Å². The average molecular weight is 406 g/mol. The van der Waals surface area contributed by atoms with Gasteiger partial charge in [0.2, 0.25) is 0 Å². The van der Waals surface area contributed by atoms with Gasteiger partial charge >= 0.3 is 0 Å². The van der Waals surface area contributed by atoms with Crippen LogP contribution >= 0.6 is 0 Å². The van der Waals surface area contributed by atoms with Gasteiger partial charge in [-0.25, -0.2) is 4.98 Å². The normalized spacial score (nSPS) is 12.1. The highest BCUT2D eigenvalue weighted by atomic mass is 32.2. The molecule has 0 amide bonds. The molecule has 0 bridgehead atoms. The van der Waals surface area contributed by atoms with E-state index in [1.165, 1.54) is 0 Å². The summed E-state index contributed by atoms with van der Waals surface area (Å²) in [4.78, 5) is 4.88. The molecular weight excluding hydrogens is 382 g/mol. The molecule has 0 saturated heterocycles. The van der Waals surface area contributed by atoms with Gasteiger partial charge in [0, 0.05) is 16.3 Å². The van der Waals surface area contributed by atoms with E-state index >= 15 is 0 Å². The van der Waals surface area contributed by atoms with Crippen molar-refractivity contribution in [1.82, 2.24) is 4.98 Å². The number of aromatic nitrogens is 1. The number of hydrogen-bond donors (Lipinski definition) is 0. The Morgan fingerprint density at radius 1 is 0.828 bits per heavy atom. The van der Waals surface area contributed by atoms with Crippen LogP contribution in [0.3, 0.4) is 0 Å². The van der Waals surface area contributed by atoms with Crippen LogP contribution in [0.5, 0.6) is 0 Å². The monoisotopic (exact) mass is 405 g/mol. The topological polar surface area (TPSA) is 56.3 Å². The Bertz CT molecular complexity index is 1260. The number of pyridine rings is 1. The smallest absolute Gasteiger partial charge is 0.270 e. The lowest BCUT2D eigenvalue weighted by molar-refractivity contribution is 0.274. The van der Waals surface area contributed by atoms with Crippen molar-refractivity contribution >= 4 is 31.8 Å². The maximum Gasteiger partial charge on any atom is 0.271 e. The first-order valence-electron chi connectivity index (χ1n) is 9.67. The highest BCUT2D eigenvalue weighted by molar-refractivity contribution is 7.85. The molecular formula is C24H23NO3S. The Labute approximate surface area is 171 Å². The third-order valence-corrected chi connectivity index (χ3v) is 5.94. The van der Waals surface area contributed by atoms with Gasteiger partial charge in [-0.05, 0) is 22.9 Å². The zero-order chi connectivity index (χ0) is 20.4. The van der Waals surface area contributed by atoms with E-state index in [1.807, 2.05) is 68.4 Å². The molecule has 0 atom stereocenters. The molecule has 0 aliphatic rings. The van der Waals surface area contributed by atoms with Gasteiger partial charge in [-0.3, -0.25) is 4.18 Å². The van der Waals surface area contributed by atoms with Gasteiger partial charge in [-0.2, -0.15) is 8.42 Å². The van der Waals surface area contributed by atoms with Crippen molar-refractivity contribution in [3.8, 4) is 11.3 Å². The van der Waals surface area contributed by atoms with Crippen molar-refractivity contribution < 1.29 is 12.6 Å². The summed E-state index contributed by atoms with van der Waals surface area (Å²) < 4.78 is 29.4. The zero-order valence-corrected chi connectivity index (χ0v) is 17.3. The summed E-state index contributed by atoms with van der Waals surface area (Å²) in [5, 5.41) is 3.35. The van der Waals surface area contributed by atoms with E-state index in [2.05, 4.69) is 18.2 Å². The van der Waals surface area contributed by atoms with Crippen molar-refractivity contribution in [2.24, 2.45) is 5.92 Å². The van der Waals surface area contributed by atoms with Crippen molar-refractivity contribution in [3.05, 3.63) is 78.4 Å². The van der Waals surface area contributed by atoms with Crippen molar-refractivity contribution in [2.45, 2.75) is 19.6 Å². The van der Waals surface area contributed by atoms with Gasteiger partial charge in [-0.1, -0.05) is 80.6 Å². The number of nitrogens with zero attached hydrogens (tertiary/aromatic N) is 1. The second kappa shape index (κ2) is 7.93. The summed E-state index contributed by atoms with van der Waals surface area (Å²) in [6.07, 6.45) is 0. The molecule has 0 saturated carbocycles. The molecule has 148 valence electrons. The predicted molar refractivity (Wildman–Crippen MR) is 118 cm³/mol. The Balaban J connectivity index is 1.70. The van der Waals surface area contributed by atoms with Gasteiger partial charge in [0.25, 0.3) is 10.1 Å². The minimum Gasteiger partial charge on any atom is -0.270 e. The number of fused-ring (bicyclic) bond motifs is 3. The van der Waals surface area contributed by atoms with Crippen LogP contribution < -0.4 is 0 Å². The predicted octanol–water partition coefficient (Wildman–Crippen LogP) is 5.56. The summed E-state index contributed by atoms with van der Waals surface area (Å²) in [5.74, 6) is 0.0331. The third-order valence-electron chi connectivity index (χ3n) is 4.76. The summed E-state index contributed by atoms with van der Waals surface area (Å²) >= 11 is 0. The minimum atomic E-state index is -3.59. The maximum atomic E-state index is 12.1. The van der Waals surface area contributed by atoms with Crippen LogP contribution in [0.25, 0.3) is 32.9 Å². The minimum absolute atomic E-state index is 0.133. The van der Waals surface area contributed by atoms with Crippen LogP contribution in [0.2, 0.25) is 0 Å². The number of hydrogen-bond acceptors (Lipinski definition) is 4. The molecule has 0 N–H and O–H groups in total. The molecule has 1 aromatic heterocycles. The van der Waals surface area contributed by atoms with Crippen LogP contribution in [0.4, 0.5) is 0 Å². The van der Waals surface area contributed by atoms with Gasteiger partial charge in [0.05, 0.1) is 17.8 Å². The van der Waals surface area contributed by atoms with E-state index in [9.17, 15) is 8.42 Å². The summed E-state index contributed by atoms with van der Waals surface area (Å²) in [6.45, 7) is 4.05. The molecule has 4 aromatic rings. The third kappa shape index (κ3) is 4.31. The van der Waals surface area contributed by atoms with Gasteiger partial charge in [0.15, 0.2) is 0 Å². The Hall–Kier alpha value is -2.76. The van der Waals surface area contributed by atoms with E-state index < -0.39 is 10.1 Å². The Morgan fingerprint density at radius 2 is 1.45 bits per heavy atom. The quantitative estimate of drug-likeness (QED) is 0.311. The second-order valence-corrected chi connectivity index (χ2v) is 9.24. The summed E-state index contributed by atoms with van der Waals surface area (Å²) in [7, 11) is -3.59. The first-order chi connectivity index (χ1) is 13.9. The summed E-state index contributed by atoms with van der Waals surface area (Å²) in [6, 6.07) is 23.8. The molecule has 0 unspecified atom stereocenters. The van der Waals surface area contributed by atoms with Crippen LogP contribution in [-0.4, -0.2) is 20.0 Å².